The summed E-state index contributed by atoms with van der Waals surface area (Å²) in [5.41, 5.74) is 3.19. The predicted molar refractivity (Wildman–Crippen MR) is 90.3 cm³/mol. The molecule has 2 N–H and O–H groups in total. The van der Waals surface area contributed by atoms with Crippen molar-refractivity contribution < 1.29 is 9.21 Å². The van der Waals surface area contributed by atoms with E-state index >= 15 is 0 Å². The number of nitrogens with zero attached hydrogens (tertiary/aromatic N) is 3. The van der Waals surface area contributed by atoms with Gasteiger partial charge in [0.2, 0.25) is 12.6 Å². The lowest BCUT2D eigenvalue weighted by molar-refractivity contribution is -0.120. The lowest BCUT2D eigenvalue weighted by atomic mass is 9.99. The zero-order valence-electron chi connectivity index (χ0n) is 13.4. The van der Waals surface area contributed by atoms with Crippen LogP contribution >= 0.6 is 0 Å². The summed E-state index contributed by atoms with van der Waals surface area (Å²) in [6, 6.07) is 9.84. The molecular formula is C17H17N5O2. The van der Waals surface area contributed by atoms with Gasteiger partial charge in [-0.15, -0.1) is 5.10 Å². The summed E-state index contributed by atoms with van der Waals surface area (Å²) >= 11 is 0. The molecule has 0 aliphatic carbocycles. The molecule has 1 aliphatic heterocycles. The first-order valence-corrected chi connectivity index (χ1v) is 7.53. The van der Waals surface area contributed by atoms with Crippen LogP contribution in [0.4, 0.5) is 6.01 Å². The molecule has 3 rings (SSSR count). The predicted octanol–water partition coefficient (Wildman–Crippen LogP) is 2.28. The summed E-state index contributed by atoms with van der Waals surface area (Å²) in [5, 5.41) is 13.1. The van der Waals surface area contributed by atoms with E-state index in [9.17, 15) is 4.79 Å². The van der Waals surface area contributed by atoms with Gasteiger partial charge in [0.15, 0.2) is 0 Å². The SMILES string of the molecule is C/C=C1/NC(=O)[C@@H](Nc2nnco2)N=C(c2ccccc2)/C1=C/C. The standard InChI is InChI=1S/C17H17N5O2/c1-3-12-13(4-2)19-16(23)15(21-17-22-18-10-24-17)20-14(12)11-8-6-5-7-9-11/h3-10,15H,1-2H3,(H,19,23)(H,21,22)/b12-3+,13-4+/t15-/m1/s1. The van der Waals surface area contributed by atoms with Crippen LogP contribution in [0.15, 0.2) is 69.6 Å². The minimum absolute atomic E-state index is 0.136. The second-order valence-electron chi connectivity index (χ2n) is 5.03. The van der Waals surface area contributed by atoms with E-state index in [1.807, 2.05) is 56.3 Å². The van der Waals surface area contributed by atoms with E-state index in [2.05, 4.69) is 25.8 Å². The molecule has 0 saturated carbocycles. The molecule has 0 radical (unpaired) electrons. The molecular weight excluding hydrogens is 306 g/mol. The number of benzene rings is 1. The van der Waals surface area contributed by atoms with E-state index in [-0.39, 0.29) is 11.9 Å². The molecule has 1 aromatic heterocycles. The van der Waals surface area contributed by atoms with E-state index in [4.69, 9.17) is 4.42 Å². The summed E-state index contributed by atoms with van der Waals surface area (Å²) in [6.07, 6.45) is 4.08. The van der Waals surface area contributed by atoms with E-state index in [1.165, 1.54) is 6.39 Å². The maximum absolute atomic E-state index is 12.5. The van der Waals surface area contributed by atoms with Crippen molar-refractivity contribution in [1.29, 1.82) is 0 Å². The molecule has 122 valence electrons. The Morgan fingerprint density at radius 2 is 2.00 bits per heavy atom. The number of aliphatic imine (C=N–C) groups is 1. The van der Waals surface area contributed by atoms with E-state index in [1.54, 1.807) is 0 Å². The fourth-order valence-corrected chi connectivity index (χ4v) is 2.45. The number of nitrogens with one attached hydrogen (secondary N) is 2. The summed E-state index contributed by atoms with van der Waals surface area (Å²) < 4.78 is 5.06. The zero-order valence-corrected chi connectivity index (χ0v) is 13.4. The van der Waals surface area contributed by atoms with Gasteiger partial charge in [0, 0.05) is 16.8 Å². The molecule has 1 amide bonds. The molecule has 1 aromatic carbocycles. The summed E-state index contributed by atoms with van der Waals surface area (Å²) in [4.78, 5) is 17.1. The van der Waals surface area contributed by atoms with Gasteiger partial charge in [-0.1, -0.05) is 47.6 Å². The Balaban J connectivity index is 2.08. The van der Waals surface area contributed by atoms with Crippen molar-refractivity contribution in [2.45, 2.75) is 20.0 Å². The lowest BCUT2D eigenvalue weighted by Crippen LogP contribution is -2.36. The Labute approximate surface area is 139 Å². The topological polar surface area (TPSA) is 92.4 Å². The molecule has 0 bridgehead atoms. The first-order chi connectivity index (χ1) is 11.7. The smallest absolute Gasteiger partial charge is 0.317 e. The summed E-state index contributed by atoms with van der Waals surface area (Å²) in [7, 11) is 0. The number of hydrogen-bond acceptors (Lipinski definition) is 6. The Morgan fingerprint density at radius 1 is 1.21 bits per heavy atom. The highest BCUT2D eigenvalue weighted by atomic mass is 16.4. The van der Waals surface area contributed by atoms with Crippen molar-refractivity contribution in [3.63, 3.8) is 0 Å². The van der Waals surface area contributed by atoms with Crippen LogP contribution in [0, 0.1) is 0 Å². The van der Waals surface area contributed by atoms with Gasteiger partial charge < -0.3 is 15.1 Å². The highest BCUT2D eigenvalue weighted by molar-refractivity contribution is 6.17. The summed E-state index contributed by atoms with van der Waals surface area (Å²) in [6.45, 7) is 3.78. The second-order valence-corrected chi connectivity index (χ2v) is 5.03. The first-order valence-electron chi connectivity index (χ1n) is 7.53. The molecule has 1 aliphatic rings. The van der Waals surface area contributed by atoms with E-state index in [0.717, 1.165) is 11.1 Å². The fraction of sp³-hybridized carbons (Fsp3) is 0.176. The van der Waals surface area contributed by atoms with Crippen molar-refractivity contribution in [2.75, 3.05) is 5.32 Å². The average molecular weight is 323 g/mol. The van der Waals surface area contributed by atoms with Crippen molar-refractivity contribution in [2.24, 2.45) is 4.99 Å². The number of rotatable bonds is 3. The molecule has 2 heterocycles. The van der Waals surface area contributed by atoms with Crippen LogP contribution in [-0.2, 0) is 4.79 Å². The number of carbonyl (C=O) groups is 1. The molecule has 0 saturated heterocycles. The third kappa shape index (κ3) is 3.10. The Bertz CT molecular complexity index is 807. The number of allylic oxidation sites excluding steroid dienone is 3. The van der Waals surface area contributed by atoms with Gasteiger partial charge in [-0.2, -0.15) is 0 Å². The first kappa shape index (κ1) is 15.7. The largest absolute Gasteiger partial charge is 0.411 e. The zero-order chi connectivity index (χ0) is 16.9. The van der Waals surface area contributed by atoms with Crippen LogP contribution in [0.25, 0.3) is 0 Å². The molecule has 24 heavy (non-hydrogen) atoms. The van der Waals surface area contributed by atoms with Crippen LogP contribution in [-0.4, -0.2) is 28.0 Å². The van der Waals surface area contributed by atoms with Crippen LogP contribution in [0.5, 0.6) is 0 Å². The molecule has 2 aromatic rings. The van der Waals surface area contributed by atoms with Gasteiger partial charge in [0.25, 0.3) is 5.91 Å². The number of carbonyl (C=O) groups excluding carboxylic acids is 1. The van der Waals surface area contributed by atoms with Crippen LogP contribution < -0.4 is 10.6 Å². The summed E-state index contributed by atoms with van der Waals surface area (Å²) in [5.74, 6) is -0.299. The van der Waals surface area contributed by atoms with Crippen LogP contribution in [0.3, 0.4) is 0 Å². The van der Waals surface area contributed by atoms with Crippen LogP contribution in [0.1, 0.15) is 19.4 Å². The van der Waals surface area contributed by atoms with Gasteiger partial charge in [-0.25, -0.2) is 4.99 Å². The average Bonchev–Trinajstić information content (AvgIpc) is 3.08. The normalized spacial score (nSPS) is 21.3. The van der Waals surface area contributed by atoms with Gasteiger partial charge >= 0.3 is 6.01 Å². The van der Waals surface area contributed by atoms with Gasteiger partial charge in [-0.05, 0) is 13.8 Å². The van der Waals surface area contributed by atoms with E-state index < -0.39 is 6.17 Å². The lowest BCUT2D eigenvalue weighted by Gasteiger charge is -2.11. The van der Waals surface area contributed by atoms with Gasteiger partial charge in [0.1, 0.15) is 0 Å². The molecule has 1 atom stereocenters. The minimum atomic E-state index is -0.881. The molecule has 0 unspecified atom stereocenters. The Morgan fingerprint density at radius 3 is 2.62 bits per heavy atom. The quantitative estimate of drug-likeness (QED) is 0.904. The monoisotopic (exact) mass is 323 g/mol. The number of amides is 1. The molecule has 0 spiro atoms. The van der Waals surface area contributed by atoms with Crippen molar-refractivity contribution in [3.05, 3.63) is 65.7 Å². The maximum Gasteiger partial charge on any atom is 0.317 e. The van der Waals surface area contributed by atoms with Crippen LogP contribution in [0.2, 0.25) is 0 Å². The number of hydrogen-bond donors (Lipinski definition) is 2. The Kier molecular flexibility index (Phi) is 4.51. The van der Waals surface area contributed by atoms with Gasteiger partial charge in [0.05, 0.1) is 5.71 Å². The highest BCUT2D eigenvalue weighted by Gasteiger charge is 2.27. The number of aromatic nitrogens is 2. The fourth-order valence-electron chi connectivity index (χ4n) is 2.45. The third-order valence-electron chi connectivity index (χ3n) is 3.55. The molecule has 7 heteroatoms. The Hall–Kier alpha value is -3.22. The van der Waals surface area contributed by atoms with E-state index in [0.29, 0.717) is 11.4 Å². The number of anilines is 1. The minimum Gasteiger partial charge on any atom is -0.411 e. The molecule has 0 fully saturated rings. The molecule has 7 nitrogen and oxygen atoms in total. The second kappa shape index (κ2) is 6.91. The van der Waals surface area contributed by atoms with Crippen molar-refractivity contribution >= 4 is 17.6 Å². The van der Waals surface area contributed by atoms with Gasteiger partial charge in [-0.3, -0.25) is 4.79 Å². The maximum atomic E-state index is 12.5. The van der Waals surface area contributed by atoms with Crippen molar-refractivity contribution in [1.82, 2.24) is 15.5 Å². The third-order valence-corrected chi connectivity index (χ3v) is 3.55. The van der Waals surface area contributed by atoms with Crippen molar-refractivity contribution in [3.8, 4) is 0 Å². The highest BCUT2D eigenvalue weighted by Crippen LogP contribution is 2.21.